The van der Waals surface area contributed by atoms with E-state index in [0.29, 0.717) is 5.92 Å². The van der Waals surface area contributed by atoms with Crippen LogP contribution in [-0.2, 0) is 6.42 Å². The van der Waals surface area contributed by atoms with Gasteiger partial charge in [-0.1, -0.05) is 13.8 Å². The summed E-state index contributed by atoms with van der Waals surface area (Å²) in [6.45, 7) is 4.43. The molecule has 14 heavy (non-hydrogen) atoms. The molecule has 2 heterocycles. The van der Waals surface area contributed by atoms with Crippen molar-refractivity contribution in [2.75, 3.05) is 0 Å². The molecule has 0 saturated heterocycles. The van der Waals surface area contributed by atoms with Crippen LogP contribution >= 0.6 is 15.9 Å². The summed E-state index contributed by atoms with van der Waals surface area (Å²) in [4.78, 5) is 0. The highest BCUT2D eigenvalue weighted by molar-refractivity contribution is 9.10. The standard InChI is InChI=1S/C10H12BrN3/c1-7(2)3-8-4-9(11)10-13-12-6-14(10)5-8/h4-7H,3H2,1-2H3. The Morgan fingerprint density at radius 3 is 3.00 bits per heavy atom. The monoisotopic (exact) mass is 253 g/mol. The van der Waals surface area contributed by atoms with Crippen LogP contribution in [0, 0.1) is 5.92 Å². The van der Waals surface area contributed by atoms with Gasteiger partial charge in [0.15, 0.2) is 5.65 Å². The van der Waals surface area contributed by atoms with E-state index in [4.69, 9.17) is 0 Å². The van der Waals surface area contributed by atoms with Gasteiger partial charge in [0.1, 0.15) is 6.33 Å². The van der Waals surface area contributed by atoms with Crippen LogP contribution in [0.3, 0.4) is 0 Å². The van der Waals surface area contributed by atoms with Crippen molar-refractivity contribution in [2.24, 2.45) is 5.92 Å². The van der Waals surface area contributed by atoms with E-state index < -0.39 is 0 Å². The molecular weight excluding hydrogens is 242 g/mol. The van der Waals surface area contributed by atoms with Gasteiger partial charge in [-0.3, -0.25) is 4.40 Å². The van der Waals surface area contributed by atoms with E-state index in [9.17, 15) is 0 Å². The van der Waals surface area contributed by atoms with Crippen LogP contribution in [-0.4, -0.2) is 14.6 Å². The Morgan fingerprint density at radius 2 is 2.29 bits per heavy atom. The number of hydrogen-bond acceptors (Lipinski definition) is 2. The summed E-state index contributed by atoms with van der Waals surface area (Å²) < 4.78 is 2.95. The predicted octanol–water partition coefficient (Wildman–Crippen LogP) is 2.69. The van der Waals surface area contributed by atoms with Crippen molar-refractivity contribution in [3.8, 4) is 0 Å². The van der Waals surface area contributed by atoms with Crippen molar-refractivity contribution in [1.82, 2.24) is 14.6 Å². The van der Waals surface area contributed by atoms with Gasteiger partial charge in [0.25, 0.3) is 0 Å². The Bertz CT molecular complexity index is 448. The fourth-order valence-electron chi connectivity index (χ4n) is 1.53. The van der Waals surface area contributed by atoms with Gasteiger partial charge < -0.3 is 0 Å². The van der Waals surface area contributed by atoms with Gasteiger partial charge in [-0.15, -0.1) is 10.2 Å². The molecule has 0 amide bonds. The molecule has 0 saturated carbocycles. The molecule has 0 unspecified atom stereocenters. The van der Waals surface area contributed by atoms with Crippen molar-refractivity contribution in [1.29, 1.82) is 0 Å². The number of nitrogens with zero attached hydrogens (tertiary/aromatic N) is 3. The zero-order valence-corrected chi connectivity index (χ0v) is 9.82. The Labute approximate surface area is 91.3 Å². The number of pyridine rings is 1. The van der Waals surface area contributed by atoms with E-state index in [0.717, 1.165) is 16.5 Å². The first-order valence-electron chi connectivity index (χ1n) is 4.64. The molecule has 0 fully saturated rings. The summed E-state index contributed by atoms with van der Waals surface area (Å²) in [6, 6.07) is 2.12. The van der Waals surface area contributed by atoms with Gasteiger partial charge >= 0.3 is 0 Å². The van der Waals surface area contributed by atoms with Crippen LogP contribution in [0.1, 0.15) is 19.4 Å². The second-order valence-corrected chi connectivity index (χ2v) is 4.71. The topological polar surface area (TPSA) is 30.2 Å². The maximum absolute atomic E-state index is 4.00. The van der Waals surface area contributed by atoms with E-state index in [1.54, 1.807) is 6.33 Å². The molecule has 0 bridgehead atoms. The largest absolute Gasteiger partial charge is 0.288 e. The number of hydrogen-bond donors (Lipinski definition) is 0. The van der Waals surface area contributed by atoms with Gasteiger partial charge in [0, 0.05) is 6.20 Å². The second-order valence-electron chi connectivity index (χ2n) is 3.86. The van der Waals surface area contributed by atoms with Gasteiger partial charge in [0.05, 0.1) is 4.47 Å². The SMILES string of the molecule is CC(C)Cc1cc(Br)c2nncn2c1. The van der Waals surface area contributed by atoms with E-state index >= 15 is 0 Å². The smallest absolute Gasteiger partial charge is 0.174 e. The molecular formula is C10H12BrN3. The van der Waals surface area contributed by atoms with Crippen molar-refractivity contribution in [2.45, 2.75) is 20.3 Å². The maximum Gasteiger partial charge on any atom is 0.174 e. The minimum atomic E-state index is 0.663. The summed E-state index contributed by atoms with van der Waals surface area (Å²) in [5.41, 5.74) is 2.18. The lowest BCUT2D eigenvalue weighted by Crippen LogP contribution is -1.96. The second kappa shape index (κ2) is 3.69. The first-order chi connectivity index (χ1) is 6.66. The first kappa shape index (κ1) is 9.65. The Morgan fingerprint density at radius 1 is 1.50 bits per heavy atom. The Balaban J connectivity index is 2.47. The first-order valence-corrected chi connectivity index (χ1v) is 5.44. The molecule has 0 radical (unpaired) electrons. The molecule has 2 aromatic heterocycles. The zero-order valence-electron chi connectivity index (χ0n) is 8.24. The highest BCUT2D eigenvalue weighted by Crippen LogP contribution is 2.19. The van der Waals surface area contributed by atoms with Gasteiger partial charge in [-0.2, -0.15) is 0 Å². The normalized spacial score (nSPS) is 11.4. The van der Waals surface area contributed by atoms with E-state index in [1.165, 1.54) is 5.56 Å². The molecule has 0 spiro atoms. The van der Waals surface area contributed by atoms with Crippen molar-refractivity contribution in [3.05, 3.63) is 28.6 Å². The number of aromatic nitrogens is 3. The summed E-state index contributed by atoms with van der Waals surface area (Å²) in [5.74, 6) is 0.663. The zero-order chi connectivity index (χ0) is 10.1. The summed E-state index contributed by atoms with van der Waals surface area (Å²) in [7, 11) is 0. The highest BCUT2D eigenvalue weighted by Gasteiger charge is 2.05. The van der Waals surface area contributed by atoms with Crippen LogP contribution in [0.2, 0.25) is 0 Å². The van der Waals surface area contributed by atoms with Crippen LogP contribution in [0.25, 0.3) is 5.65 Å². The van der Waals surface area contributed by atoms with Gasteiger partial charge in [-0.05, 0) is 39.9 Å². The van der Waals surface area contributed by atoms with Crippen molar-refractivity contribution in [3.63, 3.8) is 0 Å². The van der Waals surface area contributed by atoms with E-state index in [2.05, 4.69) is 52.2 Å². The molecule has 0 aromatic carbocycles. The quantitative estimate of drug-likeness (QED) is 0.824. The average molecular weight is 254 g/mol. The van der Waals surface area contributed by atoms with Gasteiger partial charge in [-0.25, -0.2) is 0 Å². The molecule has 2 aromatic rings. The molecule has 2 rings (SSSR count). The molecule has 0 N–H and O–H groups in total. The lowest BCUT2D eigenvalue weighted by molar-refractivity contribution is 0.645. The molecule has 0 aliphatic rings. The predicted molar refractivity (Wildman–Crippen MR) is 59.2 cm³/mol. The van der Waals surface area contributed by atoms with Gasteiger partial charge in [0.2, 0.25) is 0 Å². The van der Waals surface area contributed by atoms with Crippen LogP contribution in [0.15, 0.2) is 23.1 Å². The fourth-order valence-corrected chi connectivity index (χ4v) is 2.11. The fraction of sp³-hybridized carbons (Fsp3) is 0.400. The van der Waals surface area contributed by atoms with Crippen LogP contribution < -0.4 is 0 Å². The minimum absolute atomic E-state index is 0.663. The van der Waals surface area contributed by atoms with E-state index in [-0.39, 0.29) is 0 Å². The third kappa shape index (κ3) is 1.80. The Kier molecular flexibility index (Phi) is 2.54. The molecule has 0 aliphatic carbocycles. The minimum Gasteiger partial charge on any atom is -0.288 e. The molecule has 3 nitrogen and oxygen atoms in total. The molecule has 74 valence electrons. The number of fused-ring (bicyclic) bond motifs is 1. The molecule has 4 heteroatoms. The third-order valence-corrected chi connectivity index (χ3v) is 2.63. The number of rotatable bonds is 2. The highest BCUT2D eigenvalue weighted by atomic mass is 79.9. The van der Waals surface area contributed by atoms with Crippen molar-refractivity contribution < 1.29 is 0 Å². The average Bonchev–Trinajstić information content (AvgIpc) is 2.50. The summed E-state index contributed by atoms with van der Waals surface area (Å²) in [5, 5.41) is 7.87. The van der Waals surface area contributed by atoms with Crippen LogP contribution in [0.5, 0.6) is 0 Å². The van der Waals surface area contributed by atoms with Crippen molar-refractivity contribution >= 4 is 21.6 Å². The lowest BCUT2D eigenvalue weighted by atomic mass is 10.1. The van der Waals surface area contributed by atoms with Crippen LogP contribution in [0.4, 0.5) is 0 Å². The lowest BCUT2D eigenvalue weighted by Gasteiger charge is -2.06. The summed E-state index contributed by atoms with van der Waals surface area (Å²) >= 11 is 3.49. The number of halogens is 1. The van der Waals surface area contributed by atoms with E-state index in [1.807, 2.05) is 4.40 Å². The summed E-state index contributed by atoms with van der Waals surface area (Å²) in [6.07, 6.45) is 4.89. The Hall–Kier alpha value is -0.900. The third-order valence-electron chi connectivity index (χ3n) is 2.05. The maximum atomic E-state index is 4.00. The molecule has 0 aliphatic heterocycles. The molecule has 0 atom stereocenters.